The fourth-order valence-electron chi connectivity index (χ4n) is 1.72. The van der Waals surface area contributed by atoms with Crippen molar-refractivity contribution in [1.82, 2.24) is 5.32 Å². The maximum absolute atomic E-state index is 5.68. The van der Waals surface area contributed by atoms with Crippen LogP contribution in [0.1, 0.15) is 32.3 Å². The van der Waals surface area contributed by atoms with Crippen LogP contribution in [0.25, 0.3) is 0 Å². The van der Waals surface area contributed by atoms with Crippen LogP contribution in [-0.4, -0.2) is 19.8 Å². The molecule has 0 aliphatic heterocycles. The average Bonchev–Trinajstić information content (AvgIpc) is 2.39. The number of ether oxygens (including phenoxy) is 2. The summed E-state index contributed by atoms with van der Waals surface area (Å²) >= 11 is 0. The van der Waals surface area contributed by atoms with E-state index < -0.39 is 0 Å². The summed E-state index contributed by atoms with van der Waals surface area (Å²) in [5, 5.41) is 3.36. The Labute approximate surface area is 116 Å². The van der Waals surface area contributed by atoms with Crippen molar-refractivity contribution in [2.45, 2.75) is 39.3 Å². The lowest BCUT2D eigenvalue weighted by molar-refractivity contribution is 0.230. The molecule has 0 radical (unpaired) electrons. The first kappa shape index (κ1) is 15.4. The van der Waals surface area contributed by atoms with Crippen molar-refractivity contribution in [3.05, 3.63) is 23.8 Å². The Hall–Kier alpha value is -1.66. The fraction of sp³-hybridized carbons (Fsp3) is 0.500. The largest absolute Gasteiger partial charge is 0.493 e. The molecule has 1 N–H and O–H groups in total. The van der Waals surface area contributed by atoms with Gasteiger partial charge in [0.05, 0.1) is 13.2 Å². The third kappa shape index (κ3) is 5.67. The summed E-state index contributed by atoms with van der Waals surface area (Å²) in [5.41, 5.74) is 1.17. The highest BCUT2D eigenvalue weighted by Gasteiger charge is 2.07. The maximum atomic E-state index is 5.68. The normalized spacial score (nSPS) is 10.3. The molecular formula is C16H23NO2. The van der Waals surface area contributed by atoms with Crippen molar-refractivity contribution >= 4 is 0 Å². The van der Waals surface area contributed by atoms with Crippen LogP contribution >= 0.6 is 0 Å². The van der Waals surface area contributed by atoms with E-state index in [0.717, 1.165) is 37.4 Å². The van der Waals surface area contributed by atoms with Crippen molar-refractivity contribution in [2.75, 3.05) is 13.7 Å². The van der Waals surface area contributed by atoms with Crippen LogP contribution in [0, 0.1) is 12.3 Å². The number of unbranched alkanes of at least 4 members (excludes halogenated alkanes) is 1. The molecule has 0 saturated heterocycles. The number of methoxy groups -OCH3 is 1. The highest BCUT2D eigenvalue weighted by atomic mass is 16.5. The molecular weight excluding hydrogens is 238 g/mol. The molecule has 0 bridgehead atoms. The molecule has 3 heteroatoms. The third-order valence-electron chi connectivity index (χ3n) is 2.59. The van der Waals surface area contributed by atoms with Crippen LogP contribution in [0.5, 0.6) is 11.5 Å². The number of nitrogens with one attached hydrogen (secondary N) is 1. The van der Waals surface area contributed by atoms with Gasteiger partial charge in [-0.25, -0.2) is 0 Å². The van der Waals surface area contributed by atoms with E-state index in [2.05, 4.69) is 17.3 Å². The smallest absolute Gasteiger partial charge is 0.161 e. The maximum Gasteiger partial charge on any atom is 0.161 e. The Morgan fingerprint density at radius 1 is 1.32 bits per heavy atom. The summed E-state index contributed by atoms with van der Waals surface area (Å²) < 4.78 is 11.0. The first-order chi connectivity index (χ1) is 9.17. The summed E-state index contributed by atoms with van der Waals surface area (Å²) in [5.74, 6) is 4.19. The van der Waals surface area contributed by atoms with Gasteiger partial charge in [-0.15, -0.1) is 12.3 Å². The minimum Gasteiger partial charge on any atom is -0.493 e. The van der Waals surface area contributed by atoms with Gasteiger partial charge in [0, 0.05) is 13.0 Å². The van der Waals surface area contributed by atoms with Gasteiger partial charge in [0.1, 0.15) is 0 Å². The molecule has 0 heterocycles. The lowest BCUT2D eigenvalue weighted by Gasteiger charge is -2.14. The summed E-state index contributed by atoms with van der Waals surface area (Å²) in [6.07, 6.45) is 7.17. The second kappa shape index (κ2) is 8.44. The zero-order valence-electron chi connectivity index (χ0n) is 12.0. The molecule has 0 aliphatic rings. The number of benzene rings is 1. The topological polar surface area (TPSA) is 30.5 Å². The summed E-state index contributed by atoms with van der Waals surface area (Å²) in [6.45, 7) is 5.74. The first-order valence-electron chi connectivity index (χ1n) is 6.65. The Morgan fingerprint density at radius 2 is 2.11 bits per heavy atom. The van der Waals surface area contributed by atoms with Crippen molar-refractivity contribution in [2.24, 2.45) is 0 Å². The van der Waals surface area contributed by atoms with E-state index in [4.69, 9.17) is 15.9 Å². The molecule has 19 heavy (non-hydrogen) atoms. The minimum atomic E-state index is 0.140. The molecule has 1 rings (SSSR count). The number of hydrogen-bond acceptors (Lipinski definition) is 3. The van der Waals surface area contributed by atoms with Gasteiger partial charge in [0.2, 0.25) is 0 Å². The predicted molar refractivity (Wildman–Crippen MR) is 78.5 cm³/mol. The predicted octanol–water partition coefficient (Wildman–Crippen LogP) is 2.99. The van der Waals surface area contributed by atoms with Gasteiger partial charge in [0.15, 0.2) is 11.5 Å². The van der Waals surface area contributed by atoms with Gasteiger partial charge < -0.3 is 14.8 Å². The lowest BCUT2D eigenvalue weighted by atomic mass is 10.2. The number of terminal acetylenes is 1. The van der Waals surface area contributed by atoms with Crippen LogP contribution in [0.15, 0.2) is 18.2 Å². The number of hydrogen-bond donors (Lipinski definition) is 1. The highest BCUT2D eigenvalue weighted by Crippen LogP contribution is 2.28. The second-order valence-electron chi connectivity index (χ2n) is 4.64. The molecule has 0 saturated carbocycles. The quantitative estimate of drug-likeness (QED) is 0.576. The zero-order valence-corrected chi connectivity index (χ0v) is 12.0. The molecule has 0 fully saturated rings. The SMILES string of the molecule is C#CCCCNCc1ccc(OC(C)C)c(OC)c1. The van der Waals surface area contributed by atoms with E-state index in [1.165, 1.54) is 5.56 Å². The van der Waals surface area contributed by atoms with Crippen molar-refractivity contribution in [3.8, 4) is 23.8 Å². The number of rotatable bonds is 8. The van der Waals surface area contributed by atoms with E-state index in [9.17, 15) is 0 Å². The van der Waals surface area contributed by atoms with Crippen LogP contribution < -0.4 is 14.8 Å². The van der Waals surface area contributed by atoms with Gasteiger partial charge in [-0.3, -0.25) is 0 Å². The first-order valence-corrected chi connectivity index (χ1v) is 6.65. The Balaban J connectivity index is 2.54. The fourth-order valence-corrected chi connectivity index (χ4v) is 1.72. The highest BCUT2D eigenvalue weighted by molar-refractivity contribution is 5.43. The molecule has 1 aromatic rings. The monoisotopic (exact) mass is 261 g/mol. The van der Waals surface area contributed by atoms with Gasteiger partial charge >= 0.3 is 0 Å². The van der Waals surface area contributed by atoms with Gasteiger partial charge in [0.25, 0.3) is 0 Å². The van der Waals surface area contributed by atoms with Gasteiger partial charge in [-0.1, -0.05) is 6.07 Å². The average molecular weight is 261 g/mol. The minimum absolute atomic E-state index is 0.140. The Kier molecular flexibility index (Phi) is 6.84. The Bertz CT molecular complexity index is 421. The zero-order chi connectivity index (χ0) is 14.1. The lowest BCUT2D eigenvalue weighted by Crippen LogP contribution is -2.14. The van der Waals surface area contributed by atoms with Crippen molar-refractivity contribution in [1.29, 1.82) is 0 Å². The van der Waals surface area contributed by atoms with E-state index in [-0.39, 0.29) is 6.10 Å². The molecule has 0 aromatic heterocycles. The third-order valence-corrected chi connectivity index (χ3v) is 2.59. The van der Waals surface area contributed by atoms with Crippen LogP contribution in [0.3, 0.4) is 0 Å². The van der Waals surface area contributed by atoms with Crippen molar-refractivity contribution < 1.29 is 9.47 Å². The van der Waals surface area contributed by atoms with Crippen LogP contribution in [0.2, 0.25) is 0 Å². The summed E-state index contributed by atoms with van der Waals surface area (Å²) in [4.78, 5) is 0. The van der Waals surface area contributed by atoms with Gasteiger partial charge in [-0.05, 0) is 44.5 Å². The molecule has 0 amide bonds. The molecule has 0 atom stereocenters. The molecule has 0 unspecified atom stereocenters. The molecule has 1 aromatic carbocycles. The van der Waals surface area contributed by atoms with E-state index >= 15 is 0 Å². The molecule has 0 spiro atoms. The van der Waals surface area contributed by atoms with Crippen molar-refractivity contribution in [3.63, 3.8) is 0 Å². The molecule has 0 aliphatic carbocycles. The molecule has 104 valence electrons. The molecule has 3 nitrogen and oxygen atoms in total. The van der Waals surface area contributed by atoms with E-state index in [0.29, 0.717) is 0 Å². The standard InChI is InChI=1S/C16H23NO2/c1-5-6-7-10-17-12-14-8-9-15(19-13(2)3)16(11-14)18-4/h1,8-9,11,13,17H,6-7,10,12H2,2-4H3. The second-order valence-corrected chi connectivity index (χ2v) is 4.64. The van der Waals surface area contributed by atoms with Crippen LogP contribution in [0.4, 0.5) is 0 Å². The Morgan fingerprint density at radius 3 is 2.74 bits per heavy atom. The van der Waals surface area contributed by atoms with Crippen LogP contribution in [-0.2, 0) is 6.54 Å². The van der Waals surface area contributed by atoms with E-state index in [1.54, 1.807) is 7.11 Å². The van der Waals surface area contributed by atoms with Gasteiger partial charge in [-0.2, -0.15) is 0 Å². The summed E-state index contributed by atoms with van der Waals surface area (Å²) in [7, 11) is 1.66. The summed E-state index contributed by atoms with van der Waals surface area (Å²) in [6, 6.07) is 6.01. The van der Waals surface area contributed by atoms with E-state index in [1.807, 2.05) is 26.0 Å².